The largest absolute Gasteiger partial charge is 0.457 e. The molecule has 208 valence electrons. The quantitative estimate of drug-likeness (QED) is 0.292. The molecule has 3 aromatic carbocycles. The molecule has 0 saturated carbocycles. The Morgan fingerprint density at radius 2 is 1.50 bits per heavy atom. The number of nitrogens with zero attached hydrogens (tertiary/aromatic N) is 1. The molecule has 1 fully saturated rings. The number of benzene rings is 3. The van der Waals surface area contributed by atoms with Gasteiger partial charge in [0.2, 0.25) is 5.91 Å². The summed E-state index contributed by atoms with van der Waals surface area (Å²) in [7, 11) is 0. The summed E-state index contributed by atoms with van der Waals surface area (Å²) in [4.78, 5) is 50.7. The highest BCUT2D eigenvalue weighted by molar-refractivity contribution is 9.10. The number of amides is 3. The van der Waals surface area contributed by atoms with E-state index >= 15 is 0 Å². The molecule has 10 heteroatoms. The first-order chi connectivity index (χ1) is 19.0. The fraction of sp³-hybridized carbons (Fsp3) is 0.267. The number of esters is 1. The molecule has 0 radical (unpaired) electrons. The van der Waals surface area contributed by atoms with Gasteiger partial charge in [-0.1, -0.05) is 48.8 Å². The number of halogens is 1. The normalized spacial score (nSPS) is 14.9. The molecule has 1 aliphatic heterocycles. The summed E-state index contributed by atoms with van der Waals surface area (Å²) < 4.78 is 11.8. The minimum atomic E-state index is -0.713. The van der Waals surface area contributed by atoms with Crippen molar-refractivity contribution in [2.75, 3.05) is 18.1 Å². The maximum atomic E-state index is 12.6. The van der Waals surface area contributed by atoms with Gasteiger partial charge in [-0.05, 0) is 71.6 Å². The van der Waals surface area contributed by atoms with Crippen molar-refractivity contribution < 1.29 is 28.7 Å². The highest BCUT2D eigenvalue weighted by Crippen LogP contribution is 2.30. The maximum absolute atomic E-state index is 12.6. The van der Waals surface area contributed by atoms with E-state index in [4.69, 9.17) is 9.47 Å². The van der Waals surface area contributed by atoms with Gasteiger partial charge in [0.25, 0.3) is 11.8 Å². The van der Waals surface area contributed by atoms with Crippen molar-refractivity contribution >= 4 is 45.3 Å². The number of carbonyl (C=O) groups excluding carboxylic acids is 4. The number of nitrogens with one attached hydrogen (secondary N) is 2. The molecule has 2 N–H and O–H groups in total. The van der Waals surface area contributed by atoms with Crippen LogP contribution in [0.25, 0.3) is 0 Å². The van der Waals surface area contributed by atoms with Gasteiger partial charge in [-0.15, -0.1) is 0 Å². The van der Waals surface area contributed by atoms with Crippen LogP contribution < -0.4 is 20.5 Å². The SMILES string of the molecule is CC(C)(C)c1ccc(Oc2ccc(N3C[C@H](C(=O)OCC(=O)NNC(=O)c4ccc(Br)cc4)CC3=O)cc2)cc1. The third kappa shape index (κ3) is 7.47. The second-order valence-corrected chi connectivity index (χ2v) is 11.3. The first-order valence-electron chi connectivity index (χ1n) is 12.7. The first kappa shape index (κ1) is 28.8. The van der Waals surface area contributed by atoms with E-state index < -0.39 is 30.3 Å². The molecule has 0 aromatic heterocycles. The summed E-state index contributed by atoms with van der Waals surface area (Å²) in [6.45, 7) is 5.99. The average molecular weight is 608 g/mol. The third-order valence-corrected chi connectivity index (χ3v) is 6.86. The molecule has 1 saturated heterocycles. The van der Waals surface area contributed by atoms with Gasteiger partial charge in [0.1, 0.15) is 11.5 Å². The number of hydrazine groups is 1. The lowest BCUT2D eigenvalue weighted by Crippen LogP contribution is -2.43. The van der Waals surface area contributed by atoms with E-state index in [9.17, 15) is 19.2 Å². The topological polar surface area (TPSA) is 114 Å². The van der Waals surface area contributed by atoms with Crippen LogP contribution in [0, 0.1) is 5.92 Å². The van der Waals surface area contributed by atoms with Crippen LogP contribution in [0.3, 0.4) is 0 Å². The predicted octanol–water partition coefficient (Wildman–Crippen LogP) is 4.90. The van der Waals surface area contributed by atoms with Gasteiger partial charge in [-0.3, -0.25) is 30.0 Å². The average Bonchev–Trinajstić information content (AvgIpc) is 3.32. The summed E-state index contributed by atoms with van der Waals surface area (Å²) in [6.07, 6.45) is -0.0286. The summed E-state index contributed by atoms with van der Waals surface area (Å²) in [5.41, 5.74) is 6.69. The van der Waals surface area contributed by atoms with Crippen LogP contribution in [0.15, 0.2) is 77.3 Å². The standard InChI is InChI=1S/C30H30BrN3O6/c1-30(2,3)21-6-12-24(13-7-21)40-25-14-10-23(11-15-25)34-17-20(16-27(34)36)29(38)39-18-26(35)32-33-28(37)19-4-8-22(31)9-5-19/h4-15,20H,16-18H2,1-3H3,(H,32,35)(H,33,37)/t20-/m1/s1. The molecule has 3 amide bonds. The zero-order valence-corrected chi connectivity index (χ0v) is 24.0. The second kappa shape index (κ2) is 12.3. The van der Waals surface area contributed by atoms with Gasteiger partial charge in [0.15, 0.2) is 6.61 Å². The van der Waals surface area contributed by atoms with Gasteiger partial charge in [0.05, 0.1) is 5.92 Å². The van der Waals surface area contributed by atoms with E-state index in [2.05, 4.69) is 47.6 Å². The Balaban J connectivity index is 1.24. The minimum absolute atomic E-state index is 0.0286. The molecular weight excluding hydrogens is 578 g/mol. The molecule has 0 spiro atoms. The Labute approximate surface area is 240 Å². The molecule has 3 aromatic rings. The number of hydrogen-bond acceptors (Lipinski definition) is 6. The summed E-state index contributed by atoms with van der Waals surface area (Å²) >= 11 is 3.28. The van der Waals surface area contributed by atoms with Gasteiger partial charge >= 0.3 is 5.97 Å². The van der Waals surface area contributed by atoms with Crippen molar-refractivity contribution in [2.45, 2.75) is 32.6 Å². The zero-order chi connectivity index (χ0) is 28.9. The van der Waals surface area contributed by atoms with Crippen molar-refractivity contribution in [1.82, 2.24) is 10.9 Å². The van der Waals surface area contributed by atoms with Crippen LogP contribution in [0.2, 0.25) is 0 Å². The summed E-state index contributed by atoms with van der Waals surface area (Å²) in [5, 5.41) is 0. The molecule has 0 bridgehead atoms. The van der Waals surface area contributed by atoms with Gasteiger partial charge in [0, 0.05) is 28.7 Å². The fourth-order valence-electron chi connectivity index (χ4n) is 4.06. The highest BCUT2D eigenvalue weighted by atomic mass is 79.9. The predicted molar refractivity (Wildman–Crippen MR) is 153 cm³/mol. The molecule has 4 rings (SSSR count). The van der Waals surface area contributed by atoms with E-state index in [1.165, 1.54) is 10.5 Å². The molecule has 9 nitrogen and oxygen atoms in total. The van der Waals surface area contributed by atoms with E-state index in [1.807, 2.05) is 24.3 Å². The van der Waals surface area contributed by atoms with Crippen molar-refractivity contribution in [3.63, 3.8) is 0 Å². The summed E-state index contributed by atoms with van der Waals surface area (Å²) in [5.74, 6) is -1.49. The van der Waals surface area contributed by atoms with Crippen molar-refractivity contribution in [3.05, 3.63) is 88.4 Å². The Morgan fingerprint density at radius 1 is 0.900 bits per heavy atom. The highest BCUT2D eigenvalue weighted by Gasteiger charge is 2.36. The number of hydrogen-bond donors (Lipinski definition) is 2. The van der Waals surface area contributed by atoms with E-state index in [1.54, 1.807) is 48.5 Å². The van der Waals surface area contributed by atoms with Crippen LogP contribution in [-0.4, -0.2) is 36.8 Å². The Bertz CT molecular complexity index is 1380. The molecular formula is C30H30BrN3O6. The van der Waals surface area contributed by atoms with Crippen LogP contribution in [0.1, 0.15) is 43.1 Å². The molecule has 1 heterocycles. The Hall–Kier alpha value is -4.18. The number of ether oxygens (including phenoxy) is 2. The zero-order valence-electron chi connectivity index (χ0n) is 22.4. The molecule has 1 atom stereocenters. The van der Waals surface area contributed by atoms with Crippen molar-refractivity contribution in [1.29, 1.82) is 0 Å². The van der Waals surface area contributed by atoms with Crippen LogP contribution in [0.5, 0.6) is 11.5 Å². The number of anilines is 1. The third-order valence-electron chi connectivity index (χ3n) is 6.33. The number of carbonyl (C=O) groups is 4. The van der Waals surface area contributed by atoms with Gasteiger partial charge in [-0.2, -0.15) is 0 Å². The van der Waals surface area contributed by atoms with E-state index in [0.717, 1.165) is 4.47 Å². The lowest BCUT2D eigenvalue weighted by atomic mass is 9.87. The van der Waals surface area contributed by atoms with E-state index in [-0.39, 0.29) is 24.3 Å². The Kier molecular flexibility index (Phi) is 8.89. The lowest BCUT2D eigenvalue weighted by molar-refractivity contribution is -0.152. The fourth-order valence-corrected chi connectivity index (χ4v) is 4.32. The number of rotatable bonds is 7. The minimum Gasteiger partial charge on any atom is -0.457 e. The molecule has 0 aliphatic carbocycles. The molecule has 40 heavy (non-hydrogen) atoms. The van der Waals surface area contributed by atoms with Crippen molar-refractivity contribution in [3.8, 4) is 11.5 Å². The van der Waals surface area contributed by atoms with Crippen LogP contribution >= 0.6 is 15.9 Å². The monoisotopic (exact) mass is 607 g/mol. The lowest BCUT2D eigenvalue weighted by Gasteiger charge is -2.19. The van der Waals surface area contributed by atoms with Crippen molar-refractivity contribution in [2.24, 2.45) is 5.92 Å². The van der Waals surface area contributed by atoms with Crippen LogP contribution in [-0.2, 0) is 24.5 Å². The first-order valence-corrected chi connectivity index (χ1v) is 13.5. The molecule has 1 aliphatic rings. The maximum Gasteiger partial charge on any atom is 0.311 e. The Morgan fingerprint density at radius 3 is 2.10 bits per heavy atom. The molecule has 0 unspecified atom stereocenters. The second-order valence-electron chi connectivity index (χ2n) is 10.4. The van der Waals surface area contributed by atoms with Gasteiger partial charge in [-0.25, -0.2) is 0 Å². The van der Waals surface area contributed by atoms with E-state index in [0.29, 0.717) is 22.7 Å². The summed E-state index contributed by atoms with van der Waals surface area (Å²) in [6, 6.07) is 21.5. The van der Waals surface area contributed by atoms with Crippen LogP contribution in [0.4, 0.5) is 5.69 Å². The smallest absolute Gasteiger partial charge is 0.311 e. The van der Waals surface area contributed by atoms with Gasteiger partial charge < -0.3 is 14.4 Å².